The van der Waals surface area contributed by atoms with Crippen LogP contribution in [0.15, 0.2) is 41.4 Å². The first-order chi connectivity index (χ1) is 13.6. The number of carbonyl (C=O) groups excluding carboxylic acids is 3. The first kappa shape index (κ1) is 20.6. The van der Waals surface area contributed by atoms with Crippen molar-refractivity contribution < 1.29 is 27.5 Å². The molecule has 1 aromatic heterocycles. The number of nitrogens with zero attached hydrogens (tertiary/aromatic N) is 2. The molecule has 0 saturated carbocycles. The van der Waals surface area contributed by atoms with Crippen LogP contribution in [0.1, 0.15) is 17.4 Å². The van der Waals surface area contributed by atoms with Gasteiger partial charge in [-0.1, -0.05) is 12.1 Å². The van der Waals surface area contributed by atoms with E-state index in [-0.39, 0.29) is 23.0 Å². The molecular weight excluding hydrogens is 400 g/mol. The van der Waals surface area contributed by atoms with Gasteiger partial charge in [-0.25, -0.2) is 17.9 Å². The van der Waals surface area contributed by atoms with Crippen molar-refractivity contribution in [2.75, 3.05) is 23.8 Å². The number of nitrogens with one attached hydrogen (secondary N) is 2. The number of carbonyl (C=O) groups is 3. The van der Waals surface area contributed by atoms with Crippen molar-refractivity contribution in [3.8, 4) is 0 Å². The average molecular weight is 420 g/mol. The molecule has 0 aliphatic carbocycles. The zero-order valence-corrected chi connectivity index (χ0v) is 16.8. The highest BCUT2D eigenvalue weighted by Crippen LogP contribution is 2.29. The standard InChI is InChI=1S/C18H20N4O6S/c1-11(17(24)22-10-16(23)20-13-6-4-5-7-14(13)22)28-18(25)15-8-12(9-21(15)3)29(26,27)19-2/h4-9,11,19H,10H2,1-3H3,(H,20,23)/t11-/m0/s1. The van der Waals surface area contributed by atoms with Crippen LogP contribution >= 0.6 is 0 Å². The lowest BCUT2D eigenvalue weighted by Crippen LogP contribution is -2.47. The topological polar surface area (TPSA) is 127 Å². The van der Waals surface area contributed by atoms with Crippen LogP contribution in [0, 0.1) is 0 Å². The van der Waals surface area contributed by atoms with Crippen LogP contribution in [0.4, 0.5) is 11.4 Å². The Hall–Kier alpha value is -3.18. The number of benzene rings is 1. The van der Waals surface area contributed by atoms with Gasteiger partial charge in [0, 0.05) is 13.2 Å². The molecule has 10 nitrogen and oxygen atoms in total. The normalized spacial score (nSPS) is 14.7. The minimum absolute atomic E-state index is 0.0322. The molecule has 11 heteroatoms. The maximum absolute atomic E-state index is 12.8. The first-order valence-corrected chi connectivity index (χ1v) is 10.1. The fourth-order valence-electron chi connectivity index (χ4n) is 2.92. The first-order valence-electron chi connectivity index (χ1n) is 8.65. The lowest BCUT2D eigenvalue weighted by atomic mass is 10.1. The van der Waals surface area contributed by atoms with E-state index in [0.29, 0.717) is 11.4 Å². The summed E-state index contributed by atoms with van der Waals surface area (Å²) in [6, 6.07) is 7.95. The maximum Gasteiger partial charge on any atom is 0.355 e. The molecule has 0 fully saturated rings. The van der Waals surface area contributed by atoms with Crippen LogP contribution in [0.3, 0.4) is 0 Å². The molecule has 154 valence electrons. The molecule has 1 aliphatic heterocycles. The van der Waals surface area contributed by atoms with E-state index in [1.54, 1.807) is 24.3 Å². The molecule has 2 aromatic rings. The zero-order valence-electron chi connectivity index (χ0n) is 16.0. The molecule has 0 radical (unpaired) electrons. The van der Waals surface area contributed by atoms with Gasteiger partial charge in [-0.15, -0.1) is 0 Å². The highest BCUT2D eigenvalue weighted by Gasteiger charge is 2.32. The highest BCUT2D eigenvalue weighted by atomic mass is 32.2. The number of anilines is 2. The minimum Gasteiger partial charge on any atom is -0.448 e. The van der Waals surface area contributed by atoms with E-state index in [1.807, 2.05) is 0 Å². The van der Waals surface area contributed by atoms with Crippen molar-refractivity contribution in [2.24, 2.45) is 7.05 Å². The quantitative estimate of drug-likeness (QED) is 0.677. The summed E-state index contributed by atoms with van der Waals surface area (Å²) >= 11 is 0. The van der Waals surface area contributed by atoms with Crippen LogP contribution in [0.25, 0.3) is 0 Å². The predicted molar refractivity (Wildman–Crippen MR) is 104 cm³/mol. The minimum atomic E-state index is -3.73. The summed E-state index contributed by atoms with van der Waals surface area (Å²) < 4.78 is 32.5. The summed E-state index contributed by atoms with van der Waals surface area (Å²) in [5.74, 6) is -1.79. The van der Waals surface area contributed by atoms with Crippen LogP contribution in [-0.4, -0.2) is 50.5 Å². The van der Waals surface area contributed by atoms with Gasteiger partial charge in [-0.05, 0) is 32.2 Å². The van der Waals surface area contributed by atoms with Crippen molar-refractivity contribution in [3.63, 3.8) is 0 Å². The van der Waals surface area contributed by atoms with E-state index in [1.165, 1.54) is 36.7 Å². The predicted octanol–water partition coefficient (Wildman–Crippen LogP) is 0.464. The smallest absolute Gasteiger partial charge is 0.355 e. The Morgan fingerprint density at radius 1 is 1.28 bits per heavy atom. The zero-order chi connectivity index (χ0) is 21.3. The second-order valence-corrected chi connectivity index (χ2v) is 8.30. The number of aromatic nitrogens is 1. The van der Waals surface area contributed by atoms with Gasteiger partial charge in [0.1, 0.15) is 17.1 Å². The lowest BCUT2D eigenvalue weighted by Gasteiger charge is -2.30. The molecule has 2 amide bonds. The second kappa shape index (κ2) is 7.68. The molecule has 0 saturated heterocycles. The SMILES string of the molecule is CNS(=O)(=O)c1cc(C(=O)O[C@@H](C)C(=O)N2CC(=O)Nc3ccccc32)n(C)c1. The van der Waals surface area contributed by atoms with E-state index < -0.39 is 28.0 Å². The summed E-state index contributed by atoms with van der Waals surface area (Å²) in [5, 5.41) is 2.67. The molecule has 29 heavy (non-hydrogen) atoms. The Morgan fingerprint density at radius 2 is 1.97 bits per heavy atom. The molecule has 1 aliphatic rings. The van der Waals surface area contributed by atoms with E-state index >= 15 is 0 Å². The summed E-state index contributed by atoms with van der Waals surface area (Å²) in [4.78, 5) is 38.4. The summed E-state index contributed by atoms with van der Waals surface area (Å²) in [5.41, 5.74) is 0.955. The van der Waals surface area contributed by atoms with E-state index in [9.17, 15) is 22.8 Å². The van der Waals surface area contributed by atoms with Gasteiger partial charge in [0.05, 0.1) is 11.4 Å². The van der Waals surface area contributed by atoms with Gasteiger partial charge in [0.25, 0.3) is 5.91 Å². The number of rotatable bonds is 5. The van der Waals surface area contributed by atoms with E-state index in [4.69, 9.17) is 4.74 Å². The Bertz CT molecular complexity index is 1090. The molecule has 1 aromatic carbocycles. The number of aryl methyl sites for hydroxylation is 1. The fraction of sp³-hybridized carbons (Fsp3) is 0.278. The van der Waals surface area contributed by atoms with Crippen molar-refractivity contribution >= 4 is 39.2 Å². The monoisotopic (exact) mass is 420 g/mol. The largest absolute Gasteiger partial charge is 0.448 e. The maximum atomic E-state index is 12.8. The number of hydrogen-bond acceptors (Lipinski definition) is 6. The lowest BCUT2D eigenvalue weighted by molar-refractivity contribution is -0.128. The second-order valence-electron chi connectivity index (χ2n) is 6.42. The van der Waals surface area contributed by atoms with E-state index in [2.05, 4.69) is 10.0 Å². The van der Waals surface area contributed by atoms with Gasteiger partial charge in [0.15, 0.2) is 6.10 Å². The summed E-state index contributed by atoms with van der Waals surface area (Å²) in [6.07, 6.45) is 0.0702. The number of para-hydroxylation sites is 2. The number of hydrogen-bond donors (Lipinski definition) is 2. The van der Waals surface area contributed by atoms with E-state index in [0.717, 1.165) is 6.07 Å². The van der Waals surface area contributed by atoms with Gasteiger partial charge in [0.2, 0.25) is 15.9 Å². The molecule has 2 N–H and O–H groups in total. The molecule has 3 rings (SSSR count). The number of ether oxygens (including phenoxy) is 1. The number of fused-ring (bicyclic) bond motifs is 1. The van der Waals surface area contributed by atoms with Crippen molar-refractivity contribution in [1.82, 2.24) is 9.29 Å². The van der Waals surface area contributed by atoms with Gasteiger partial charge in [-0.2, -0.15) is 0 Å². The third-order valence-corrected chi connectivity index (χ3v) is 5.82. The number of esters is 1. The molecule has 0 bridgehead atoms. The van der Waals surface area contributed by atoms with Crippen LogP contribution in [0.5, 0.6) is 0 Å². The Balaban J connectivity index is 1.79. The van der Waals surface area contributed by atoms with Crippen molar-refractivity contribution in [3.05, 3.63) is 42.2 Å². The van der Waals surface area contributed by atoms with Crippen LogP contribution in [-0.2, 0) is 31.4 Å². The van der Waals surface area contributed by atoms with Gasteiger partial charge >= 0.3 is 5.97 Å². The fourth-order valence-corrected chi connectivity index (χ4v) is 3.72. The van der Waals surface area contributed by atoms with Crippen LogP contribution in [0.2, 0.25) is 0 Å². The molecular formula is C18H20N4O6S. The molecule has 1 atom stereocenters. The van der Waals surface area contributed by atoms with Crippen molar-refractivity contribution in [1.29, 1.82) is 0 Å². The highest BCUT2D eigenvalue weighted by molar-refractivity contribution is 7.89. The Morgan fingerprint density at radius 3 is 2.66 bits per heavy atom. The number of amides is 2. The van der Waals surface area contributed by atoms with Gasteiger partial charge < -0.3 is 14.6 Å². The third-order valence-electron chi connectivity index (χ3n) is 4.44. The molecule has 0 spiro atoms. The molecule has 0 unspecified atom stereocenters. The third kappa shape index (κ3) is 4.00. The molecule has 2 heterocycles. The number of sulfonamides is 1. The average Bonchev–Trinajstić information content (AvgIpc) is 3.09. The van der Waals surface area contributed by atoms with Crippen LogP contribution < -0.4 is 14.9 Å². The Labute approximate surface area is 167 Å². The van der Waals surface area contributed by atoms with Crippen molar-refractivity contribution in [2.45, 2.75) is 17.9 Å². The summed E-state index contributed by atoms with van der Waals surface area (Å²) in [7, 11) is -0.986. The Kier molecular flexibility index (Phi) is 5.44. The van der Waals surface area contributed by atoms with Gasteiger partial charge in [-0.3, -0.25) is 14.5 Å². The summed E-state index contributed by atoms with van der Waals surface area (Å²) in [6.45, 7) is 1.19.